The highest BCUT2D eigenvalue weighted by molar-refractivity contribution is 5.92. The minimum Gasteiger partial charge on any atom is -0.323 e. The molecule has 3 rings (SSSR count). The molecule has 24 heavy (non-hydrogen) atoms. The van der Waals surface area contributed by atoms with Crippen LogP contribution in [0.25, 0.3) is 0 Å². The number of aromatic nitrogens is 2. The summed E-state index contributed by atoms with van der Waals surface area (Å²) in [5.41, 5.74) is 0.785. The van der Waals surface area contributed by atoms with Gasteiger partial charge in [0.05, 0.1) is 17.9 Å². The monoisotopic (exact) mass is 332 g/mol. The molecule has 1 aromatic heterocycles. The van der Waals surface area contributed by atoms with Crippen molar-refractivity contribution in [3.63, 3.8) is 0 Å². The minimum atomic E-state index is 0.0206. The fourth-order valence-corrected chi connectivity index (χ4v) is 3.87. The number of ketones is 1. The molecule has 2 aliphatic rings. The topological polar surface area (TPSA) is 67.2 Å². The van der Waals surface area contributed by atoms with Crippen molar-refractivity contribution in [2.75, 3.05) is 25.5 Å². The van der Waals surface area contributed by atoms with Crippen LogP contribution in [0.1, 0.15) is 51.5 Å². The van der Waals surface area contributed by atoms with Gasteiger partial charge < -0.3 is 10.2 Å². The Balaban J connectivity index is 1.51. The summed E-state index contributed by atoms with van der Waals surface area (Å²) < 4.78 is 2.00. The number of likely N-dealkylation sites (tertiary alicyclic amines) is 1. The Morgan fingerprint density at radius 2 is 1.71 bits per heavy atom. The second-order valence-electron chi connectivity index (χ2n) is 7.39. The van der Waals surface area contributed by atoms with Crippen LogP contribution in [0.3, 0.4) is 0 Å². The maximum Gasteiger partial charge on any atom is 0.227 e. The van der Waals surface area contributed by atoms with Gasteiger partial charge in [-0.05, 0) is 65.6 Å². The first-order valence-electron chi connectivity index (χ1n) is 9.07. The third-order valence-corrected chi connectivity index (χ3v) is 5.60. The molecular formula is C18H28N4O2. The van der Waals surface area contributed by atoms with Gasteiger partial charge in [0.2, 0.25) is 5.91 Å². The number of nitrogens with zero attached hydrogens (tertiary/aromatic N) is 3. The van der Waals surface area contributed by atoms with Gasteiger partial charge in [0.15, 0.2) is 0 Å². The summed E-state index contributed by atoms with van der Waals surface area (Å²) in [6, 6.07) is 0.429. The van der Waals surface area contributed by atoms with E-state index in [1.165, 1.54) is 0 Å². The number of Topliss-reactive ketones (excluding diaryl/α,β-unsaturated/α-hetero) is 1. The number of carbonyl (C=O) groups is 2. The van der Waals surface area contributed by atoms with Gasteiger partial charge in [0.1, 0.15) is 5.78 Å². The molecule has 6 nitrogen and oxygen atoms in total. The summed E-state index contributed by atoms with van der Waals surface area (Å²) >= 11 is 0. The molecule has 1 aliphatic heterocycles. The Morgan fingerprint density at radius 3 is 2.33 bits per heavy atom. The molecule has 1 amide bonds. The van der Waals surface area contributed by atoms with E-state index in [4.69, 9.17) is 0 Å². The SMILES string of the molecule is CC(=O)C1CCC(C(=O)Nc2cnn(C3CCN(C)CC3)c2)CC1. The lowest BCUT2D eigenvalue weighted by Gasteiger charge is -2.29. The van der Waals surface area contributed by atoms with Crippen molar-refractivity contribution in [3.05, 3.63) is 12.4 Å². The summed E-state index contributed by atoms with van der Waals surface area (Å²) in [5.74, 6) is 0.502. The molecular weight excluding hydrogens is 304 g/mol. The standard InChI is InChI=1S/C18H28N4O2/c1-13(23)14-3-5-15(6-4-14)18(24)20-16-11-19-22(12-16)17-7-9-21(2)10-8-17/h11-12,14-15,17H,3-10H2,1-2H3,(H,20,24). The Morgan fingerprint density at radius 1 is 1.08 bits per heavy atom. The Bertz CT molecular complexity index is 582. The molecule has 0 atom stereocenters. The predicted octanol–water partition coefficient (Wildman–Crippen LogP) is 2.48. The normalized spacial score (nSPS) is 26.2. The average Bonchev–Trinajstić information content (AvgIpc) is 3.04. The van der Waals surface area contributed by atoms with Gasteiger partial charge in [-0.15, -0.1) is 0 Å². The van der Waals surface area contributed by atoms with Crippen LogP contribution in [0.5, 0.6) is 0 Å². The fraction of sp³-hybridized carbons (Fsp3) is 0.722. The molecule has 2 heterocycles. The van der Waals surface area contributed by atoms with Gasteiger partial charge in [0, 0.05) is 18.0 Å². The first-order valence-corrected chi connectivity index (χ1v) is 9.07. The maximum absolute atomic E-state index is 12.4. The molecule has 1 aliphatic carbocycles. The molecule has 0 unspecified atom stereocenters. The molecule has 0 bridgehead atoms. The zero-order valence-corrected chi connectivity index (χ0v) is 14.7. The summed E-state index contributed by atoms with van der Waals surface area (Å²) in [7, 11) is 2.14. The van der Waals surface area contributed by atoms with Gasteiger partial charge in [-0.3, -0.25) is 14.3 Å². The van der Waals surface area contributed by atoms with E-state index >= 15 is 0 Å². The molecule has 6 heteroatoms. The van der Waals surface area contributed by atoms with Crippen molar-refractivity contribution < 1.29 is 9.59 Å². The summed E-state index contributed by atoms with van der Waals surface area (Å²) in [5, 5.41) is 7.44. The number of hydrogen-bond donors (Lipinski definition) is 1. The van der Waals surface area contributed by atoms with E-state index < -0.39 is 0 Å². The van der Waals surface area contributed by atoms with E-state index in [1.54, 1.807) is 13.1 Å². The molecule has 1 saturated carbocycles. The lowest BCUT2D eigenvalue weighted by atomic mass is 9.80. The van der Waals surface area contributed by atoms with Crippen LogP contribution in [0, 0.1) is 11.8 Å². The average molecular weight is 332 g/mol. The zero-order valence-electron chi connectivity index (χ0n) is 14.7. The van der Waals surface area contributed by atoms with Crippen LogP contribution in [0.2, 0.25) is 0 Å². The lowest BCUT2D eigenvalue weighted by molar-refractivity contribution is -0.125. The lowest BCUT2D eigenvalue weighted by Crippen LogP contribution is -2.31. The van der Waals surface area contributed by atoms with Crippen LogP contribution in [-0.4, -0.2) is 46.5 Å². The van der Waals surface area contributed by atoms with Gasteiger partial charge >= 0.3 is 0 Å². The molecule has 1 aromatic rings. The van der Waals surface area contributed by atoms with E-state index in [9.17, 15) is 9.59 Å². The van der Waals surface area contributed by atoms with Crippen molar-refractivity contribution >= 4 is 17.4 Å². The second-order valence-corrected chi connectivity index (χ2v) is 7.39. The minimum absolute atomic E-state index is 0.0206. The largest absolute Gasteiger partial charge is 0.323 e. The molecule has 0 aromatic carbocycles. The number of nitrogens with one attached hydrogen (secondary N) is 1. The van der Waals surface area contributed by atoms with E-state index in [2.05, 4.69) is 22.4 Å². The zero-order chi connectivity index (χ0) is 17.1. The summed E-state index contributed by atoms with van der Waals surface area (Å²) in [6.45, 7) is 3.83. The molecule has 132 valence electrons. The summed E-state index contributed by atoms with van der Waals surface area (Å²) in [6.07, 6.45) is 9.18. The number of rotatable bonds is 4. The van der Waals surface area contributed by atoms with Crippen LogP contribution in [-0.2, 0) is 9.59 Å². The van der Waals surface area contributed by atoms with Crippen molar-refractivity contribution in [1.29, 1.82) is 0 Å². The van der Waals surface area contributed by atoms with E-state index in [-0.39, 0.29) is 23.5 Å². The predicted molar refractivity (Wildman–Crippen MR) is 92.8 cm³/mol. The third kappa shape index (κ3) is 4.04. The molecule has 2 fully saturated rings. The Hall–Kier alpha value is -1.69. The van der Waals surface area contributed by atoms with Gasteiger partial charge in [-0.1, -0.05) is 0 Å². The van der Waals surface area contributed by atoms with Crippen molar-refractivity contribution in [2.45, 2.75) is 51.5 Å². The Kier molecular flexibility index (Phi) is 5.33. The van der Waals surface area contributed by atoms with Crippen LogP contribution in [0.4, 0.5) is 5.69 Å². The van der Waals surface area contributed by atoms with Crippen molar-refractivity contribution in [1.82, 2.24) is 14.7 Å². The van der Waals surface area contributed by atoms with Crippen molar-refractivity contribution in [3.8, 4) is 0 Å². The van der Waals surface area contributed by atoms with Gasteiger partial charge in [-0.2, -0.15) is 5.10 Å². The number of piperidine rings is 1. The number of amides is 1. The molecule has 0 spiro atoms. The van der Waals surface area contributed by atoms with Crippen LogP contribution >= 0.6 is 0 Å². The molecule has 1 saturated heterocycles. The summed E-state index contributed by atoms with van der Waals surface area (Å²) in [4.78, 5) is 26.2. The van der Waals surface area contributed by atoms with Crippen LogP contribution < -0.4 is 5.32 Å². The number of carbonyl (C=O) groups excluding carboxylic acids is 2. The van der Waals surface area contributed by atoms with E-state index in [0.717, 1.165) is 57.3 Å². The third-order valence-electron chi connectivity index (χ3n) is 5.60. The molecule has 0 radical (unpaired) electrons. The maximum atomic E-state index is 12.4. The Labute approximate surface area is 143 Å². The second kappa shape index (κ2) is 7.47. The van der Waals surface area contributed by atoms with Crippen LogP contribution in [0.15, 0.2) is 12.4 Å². The number of anilines is 1. The first kappa shape index (κ1) is 17.1. The fourth-order valence-electron chi connectivity index (χ4n) is 3.87. The van der Waals surface area contributed by atoms with E-state index in [1.807, 2.05) is 10.9 Å². The highest BCUT2D eigenvalue weighted by Crippen LogP contribution is 2.30. The van der Waals surface area contributed by atoms with Crippen molar-refractivity contribution in [2.24, 2.45) is 11.8 Å². The molecule has 1 N–H and O–H groups in total. The first-order chi connectivity index (χ1) is 11.5. The smallest absolute Gasteiger partial charge is 0.227 e. The highest BCUT2D eigenvalue weighted by Gasteiger charge is 2.28. The van der Waals surface area contributed by atoms with Gasteiger partial charge in [0.25, 0.3) is 0 Å². The van der Waals surface area contributed by atoms with Gasteiger partial charge in [-0.25, -0.2) is 0 Å². The van der Waals surface area contributed by atoms with E-state index in [0.29, 0.717) is 6.04 Å². The highest BCUT2D eigenvalue weighted by atomic mass is 16.2. The number of hydrogen-bond acceptors (Lipinski definition) is 4. The quantitative estimate of drug-likeness (QED) is 0.920.